The van der Waals surface area contributed by atoms with E-state index in [0.717, 1.165) is 24.8 Å². The summed E-state index contributed by atoms with van der Waals surface area (Å²) < 4.78 is 0.850. The first-order valence-corrected chi connectivity index (χ1v) is 9.71. The summed E-state index contributed by atoms with van der Waals surface area (Å²) in [5.41, 5.74) is 3.98. The van der Waals surface area contributed by atoms with Crippen molar-refractivity contribution in [1.82, 2.24) is 5.43 Å². The molecule has 0 aliphatic carbocycles. The summed E-state index contributed by atoms with van der Waals surface area (Å²) in [7, 11) is 0. The second-order valence-corrected chi connectivity index (χ2v) is 7.83. The molecule has 0 saturated heterocycles. The molecule has 0 aliphatic rings. The van der Waals surface area contributed by atoms with Gasteiger partial charge in [-0.2, -0.15) is 5.10 Å². The number of nitrogens with zero attached hydrogens (tertiary/aromatic N) is 1. The van der Waals surface area contributed by atoms with Gasteiger partial charge in [-0.3, -0.25) is 4.79 Å². The Labute approximate surface area is 169 Å². The number of nitrogens with one attached hydrogen (secondary N) is 1. The Balaban J connectivity index is 1.57. The molecule has 0 spiro atoms. The average molecular weight is 446 g/mol. The molecule has 0 bridgehead atoms. The second-order valence-electron chi connectivity index (χ2n) is 5.33. The summed E-state index contributed by atoms with van der Waals surface area (Å²) >= 11 is 10.9. The molecule has 0 unspecified atom stereocenters. The molecule has 0 saturated carbocycles. The largest absolute Gasteiger partial charge is 0.271 e. The SMILES string of the molecule is O=C(N/N=C\c1ccc(Sc2ccc(Cl)cc2)cc1)c1cccc(Br)c1. The summed E-state index contributed by atoms with van der Waals surface area (Å²) in [6, 6.07) is 22.8. The molecular weight excluding hydrogens is 432 g/mol. The van der Waals surface area contributed by atoms with Gasteiger partial charge in [0, 0.05) is 24.8 Å². The molecule has 26 heavy (non-hydrogen) atoms. The lowest BCUT2D eigenvalue weighted by Crippen LogP contribution is -2.17. The lowest BCUT2D eigenvalue weighted by molar-refractivity contribution is 0.0955. The molecule has 3 nitrogen and oxygen atoms in total. The maximum absolute atomic E-state index is 12.0. The summed E-state index contributed by atoms with van der Waals surface area (Å²) in [6.07, 6.45) is 1.62. The highest BCUT2D eigenvalue weighted by Gasteiger charge is 2.03. The highest BCUT2D eigenvalue weighted by Crippen LogP contribution is 2.28. The van der Waals surface area contributed by atoms with Crippen molar-refractivity contribution in [3.63, 3.8) is 0 Å². The summed E-state index contributed by atoms with van der Waals surface area (Å²) in [6.45, 7) is 0. The zero-order valence-electron chi connectivity index (χ0n) is 13.5. The Kier molecular flexibility index (Phi) is 6.50. The third kappa shape index (κ3) is 5.46. The van der Waals surface area contributed by atoms with Crippen LogP contribution in [0.4, 0.5) is 0 Å². The van der Waals surface area contributed by atoms with Crippen LogP contribution in [0.15, 0.2) is 92.2 Å². The van der Waals surface area contributed by atoms with Gasteiger partial charge in [-0.1, -0.05) is 57.5 Å². The Morgan fingerprint density at radius 2 is 1.65 bits per heavy atom. The number of halogens is 2. The Bertz CT molecular complexity index is 927. The van der Waals surface area contributed by atoms with Gasteiger partial charge in [-0.05, 0) is 60.2 Å². The highest BCUT2D eigenvalue weighted by molar-refractivity contribution is 9.10. The van der Waals surface area contributed by atoms with E-state index < -0.39 is 0 Å². The van der Waals surface area contributed by atoms with E-state index in [0.29, 0.717) is 5.56 Å². The van der Waals surface area contributed by atoms with Gasteiger partial charge in [0.2, 0.25) is 0 Å². The predicted molar refractivity (Wildman–Crippen MR) is 111 cm³/mol. The third-order valence-corrected chi connectivity index (χ3v) is 5.16. The van der Waals surface area contributed by atoms with Crippen molar-refractivity contribution in [1.29, 1.82) is 0 Å². The minimum absolute atomic E-state index is 0.252. The molecule has 0 heterocycles. The third-order valence-electron chi connectivity index (χ3n) is 3.40. The van der Waals surface area contributed by atoms with E-state index in [-0.39, 0.29) is 5.91 Å². The minimum Gasteiger partial charge on any atom is -0.267 e. The van der Waals surface area contributed by atoms with Crippen LogP contribution >= 0.6 is 39.3 Å². The van der Waals surface area contributed by atoms with E-state index in [1.807, 2.05) is 54.6 Å². The van der Waals surface area contributed by atoms with Crippen molar-refractivity contribution < 1.29 is 4.79 Å². The number of hydrazone groups is 1. The van der Waals surface area contributed by atoms with E-state index in [9.17, 15) is 4.79 Å². The molecule has 3 aromatic rings. The zero-order chi connectivity index (χ0) is 18.4. The van der Waals surface area contributed by atoms with Gasteiger partial charge >= 0.3 is 0 Å². The van der Waals surface area contributed by atoms with E-state index >= 15 is 0 Å². The lowest BCUT2D eigenvalue weighted by atomic mass is 10.2. The maximum Gasteiger partial charge on any atom is 0.271 e. The van der Waals surface area contributed by atoms with Gasteiger partial charge in [0.1, 0.15) is 0 Å². The minimum atomic E-state index is -0.252. The van der Waals surface area contributed by atoms with Gasteiger partial charge in [-0.15, -0.1) is 0 Å². The summed E-state index contributed by atoms with van der Waals surface area (Å²) in [5.74, 6) is -0.252. The number of carbonyl (C=O) groups is 1. The van der Waals surface area contributed by atoms with E-state index in [4.69, 9.17) is 11.6 Å². The number of rotatable bonds is 5. The fourth-order valence-electron chi connectivity index (χ4n) is 2.12. The average Bonchev–Trinajstić information content (AvgIpc) is 2.65. The first-order chi connectivity index (χ1) is 12.6. The van der Waals surface area contributed by atoms with Crippen LogP contribution in [0.2, 0.25) is 5.02 Å². The van der Waals surface area contributed by atoms with Crippen molar-refractivity contribution in [3.05, 3.63) is 93.4 Å². The maximum atomic E-state index is 12.0. The normalized spacial score (nSPS) is 10.8. The Hall–Kier alpha value is -2.08. The number of hydrogen-bond acceptors (Lipinski definition) is 3. The van der Waals surface area contributed by atoms with E-state index in [1.165, 1.54) is 0 Å². The van der Waals surface area contributed by atoms with Crippen LogP contribution in [0.3, 0.4) is 0 Å². The van der Waals surface area contributed by atoms with Gasteiger partial charge in [-0.25, -0.2) is 5.43 Å². The highest BCUT2D eigenvalue weighted by atomic mass is 79.9. The lowest BCUT2D eigenvalue weighted by Gasteiger charge is -2.03. The van der Waals surface area contributed by atoms with Crippen molar-refractivity contribution in [2.75, 3.05) is 0 Å². The molecule has 130 valence electrons. The first-order valence-electron chi connectivity index (χ1n) is 7.72. The van der Waals surface area contributed by atoms with E-state index in [1.54, 1.807) is 36.2 Å². The molecule has 0 atom stereocenters. The molecule has 1 amide bonds. The smallest absolute Gasteiger partial charge is 0.267 e. The van der Waals surface area contributed by atoms with Crippen LogP contribution in [0, 0.1) is 0 Å². The number of benzene rings is 3. The molecule has 0 fully saturated rings. The van der Waals surface area contributed by atoms with Crippen LogP contribution in [0.1, 0.15) is 15.9 Å². The Morgan fingerprint density at radius 3 is 2.31 bits per heavy atom. The van der Waals surface area contributed by atoms with Crippen molar-refractivity contribution in [2.45, 2.75) is 9.79 Å². The molecular formula is C20H14BrClN2OS. The second kappa shape index (κ2) is 9.03. The standard InChI is InChI=1S/C20H14BrClN2OS/c21-16-3-1-2-15(12-16)20(25)24-23-13-14-4-8-18(9-5-14)26-19-10-6-17(22)7-11-19/h1-13H,(H,24,25)/b23-13-. The molecule has 3 aromatic carbocycles. The topological polar surface area (TPSA) is 41.5 Å². The van der Waals surface area contributed by atoms with Crippen molar-refractivity contribution >= 4 is 51.4 Å². The molecule has 0 radical (unpaired) electrons. The van der Waals surface area contributed by atoms with Crippen molar-refractivity contribution in [3.8, 4) is 0 Å². The van der Waals surface area contributed by atoms with Crippen LogP contribution < -0.4 is 5.43 Å². The quantitative estimate of drug-likeness (QED) is 0.385. The fourth-order valence-corrected chi connectivity index (χ4v) is 3.46. The zero-order valence-corrected chi connectivity index (χ0v) is 16.7. The van der Waals surface area contributed by atoms with Gasteiger partial charge < -0.3 is 0 Å². The predicted octanol–water partition coefficient (Wildman–Crippen LogP) is 6.02. The van der Waals surface area contributed by atoms with Gasteiger partial charge in [0.25, 0.3) is 5.91 Å². The molecule has 3 rings (SSSR count). The summed E-state index contributed by atoms with van der Waals surface area (Å²) in [4.78, 5) is 14.2. The van der Waals surface area contributed by atoms with Crippen LogP contribution in [0.5, 0.6) is 0 Å². The number of carbonyl (C=O) groups excluding carboxylic acids is 1. The first kappa shape index (κ1) is 18.7. The van der Waals surface area contributed by atoms with E-state index in [2.05, 4.69) is 26.5 Å². The molecule has 0 aliphatic heterocycles. The van der Waals surface area contributed by atoms with Crippen LogP contribution in [-0.4, -0.2) is 12.1 Å². The molecule has 1 N–H and O–H groups in total. The monoisotopic (exact) mass is 444 g/mol. The molecule has 0 aromatic heterocycles. The van der Waals surface area contributed by atoms with Gasteiger partial charge in [0.15, 0.2) is 0 Å². The van der Waals surface area contributed by atoms with Gasteiger partial charge in [0.05, 0.1) is 6.21 Å². The number of amides is 1. The van der Waals surface area contributed by atoms with Crippen LogP contribution in [0.25, 0.3) is 0 Å². The molecule has 6 heteroatoms. The number of hydrogen-bond donors (Lipinski definition) is 1. The van der Waals surface area contributed by atoms with Crippen LogP contribution in [-0.2, 0) is 0 Å². The Morgan fingerprint density at radius 1 is 1.00 bits per heavy atom. The summed E-state index contributed by atoms with van der Waals surface area (Å²) in [5, 5.41) is 4.74. The fraction of sp³-hybridized carbons (Fsp3) is 0. The van der Waals surface area contributed by atoms with Crippen molar-refractivity contribution in [2.24, 2.45) is 5.10 Å².